The van der Waals surface area contributed by atoms with E-state index in [4.69, 9.17) is 33.7 Å². The molecule has 0 saturated carbocycles. The summed E-state index contributed by atoms with van der Waals surface area (Å²) in [6.07, 6.45) is 0. The van der Waals surface area contributed by atoms with E-state index in [2.05, 4.69) is 20.3 Å². The smallest absolute Gasteiger partial charge is 0.232 e. The van der Waals surface area contributed by atoms with Crippen molar-refractivity contribution in [2.45, 2.75) is 13.1 Å². The second-order valence-corrected chi connectivity index (χ2v) is 6.93. The van der Waals surface area contributed by atoms with E-state index in [1.807, 2.05) is 48.3 Å². The zero-order chi connectivity index (χ0) is 20.1. The van der Waals surface area contributed by atoms with Crippen molar-refractivity contribution in [3.05, 3.63) is 63.9 Å². The third-order valence-electron chi connectivity index (χ3n) is 3.94. The SMILES string of the molecule is COc1ccccc1Nc1nc(N)nc(CN(C)Cc2cccc(Cl)c2Cl)n1. The Kier molecular flexibility index (Phi) is 6.51. The van der Waals surface area contributed by atoms with Gasteiger partial charge in [-0.3, -0.25) is 4.90 Å². The molecule has 9 heteroatoms. The number of halogens is 2. The fraction of sp³-hybridized carbons (Fsp3) is 0.211. The molecular weight excluding hydrogens is 399 g/mol. The summed E-state index contributed by atoms with van der Waals surface area (Å²) in [4.78, 5) is 14.8. The molecule has 1 heterocycles. The van der Waals surface area contributed by atoms with Crippen molar-refractivity contribution in [2.75, 3.05) is 25.2 Å². The topological polar surface area (TPSA) is 89.2 Å². The quantitative estimate of drug-likeness (QED) is 0.595. The lowest BCUT2D eigenvalue weighted by atomic mass is 10.2. The lowest BCUT2D eigenvalue weighted by Gasteiger charge is -2.17. The zero-order valence-electron chi connectivity index (χ0n) is 15.5. The second-order valence-electron chi connectivity index (χ2n) is 6.14. The van der Waals surface area contributed by atoms with Gasteiger partial charge in [0.2, 0.25) is 11.9 Å². The van der Waals surface area contributed by atoms with Gasteiger partial charge in [-0.15, -0.1) is 0 Å². The van der Waals surface area contributed by atoms with Crippen LogP contribution in [0, 0.1) is 0 Å². The lowest BCUT2D eigenvalue weighted by Crippen LogP contribution is -2.20. The molecule has 0 aliphatic heterocycles. The first-order chi connectivity index (χ1) is 13.5. The van der Waals surface area contributed by atoms with Gasteiger partial charge in [0, 0.05) is 6.54 Å². The van der Waals surface area contributed by atoms with Gasteiger partial charge in [0.25, 0.3) is 0 Å². The van der Waals surface area contributed by atoms with E-state index in [9.17, 15) is 0 Å². The summed E-state index contributed by atoms with van der Waals surface area (Å²) in [7, 11) is 3.54. The van der Waals surface area contributed by atoms with Gasteiger partial charge >= 0.3 is 0 Å². The molecule has 146 valence electrons. The maximum atomic E-state index is 6.27. The molecular formula is C19H20Cl2N6O. The van der Waals surface area contributed by atoms with Crippen molar-refractivity contribution in [1.29, 1.82) is 0 Å². The van der Waals surface area contributed by atoms with Gasteiger partial charge in [-0.1, -0.05) is 47.5 Å². The average Bonchev–Trinajstić information content (AvgIpc) is 2.65. The summed E-state index contributed by atoms with van der Waals surface area (Å²) < 4.78 is 5.33. The van der Waals surface area contributed by atoms with Crippen LogP contribution in [0.5, 0.6) is 5.75 Å². The number of hydrogen-bond donors (Lipinski definition) is 2. The Balaban J connectivity index is 1.75. The summed E-state index contributed by atoms with van der Waals surface area (Å²) in [6, 6.07) is 13.0. The van der Waals surface area contributed by atoms with E-state index >= 15 is 0 Å². The fourth-order valence-corrected chi connectivity index (χ4v) is 3.07. The molecule has 0 aliphatic rings. The van der Waals surface area contributed by atoms with Crippen LogP contribution in [-0.4, -0.2) is 34.0 Å². The molecule has 3 N–H and O–H groups in total. The number of hydrogen-bond acceptors (Lipinski definition) is 7. The number of anilines is 3. The van der Waals surface area contributed by atoms with E-state index < -0.39 is 0 Å². The van der Waals surface area contributed by atoms with Crippen molar-refractivity contribution in [3.63, 3.8) is 0 Å². The number of nitrogen functional groups attached to an aromatic ring is 1. The molecule has 0 aliphatic carbocycles. The third kappa shape index (κ3) is 5.01. The molecule has 3 rings (SSSR count). The first-order valence-corrected chi connectivity index (χ1v) is 9.23. The van der Waals surface area contributed by atoms with E-state index in [0.29, 0.717) is 40.7 Å². The number of para-hydroxylation sites is 2. The van der Waals surface area contributed by atoms with Crippen molar-refractivity contribution in [2.24, 2.45) is 0 Å². The molecule has 0 unspecified atom stereocenters. The van der Waals surface area contributed by atoms with Gasteiger partial charge in [-0.05, 0) is 30.8 Å². The van der Waals surface area contributed by atoms with Crippen molar-refractivity contribution in [3.8, 4) is 5.75 Å². The highest BCUT2D eigenvalue weighted by Gasteiger charge is 2.12. The van der Waals surface area contributed by atoms with Gasteiger partial charge in [0.05, 0.1) is 29.4 Å². The maximum Gasteiger partial charge on any atom is 0.232 e. The Morgan fingerprint density at radius 1 is 1.04 bits per heavy atom. The highest BCUT2D eigenvalue weighted by Crippen LogP contribution is 2.27. The number of nitrogens with zero attached hydrogens (tertiary/aromatic N) is 4. The lowest BCUT2D eigenvalue weighted by molar-refractivity contribution is 0.310. The minimum Gasteiger partial charge on any atom is -0.495 e. The second kappa shape index (κ2) is 9.05. The molecule has 0 atom stereocenters. The Labute approximate surface area is 173 Å². The Bertz CT molecular complexity index is 969. The standard InChI is InChI=1S/C19H20Cl2N6O/c1-27(10-12-6-5-7-13(20)17(12)21)11-16-24-18(22)26-19(25-16)23-14-8-3-4-9-15(14)28-2/h3-9H,10-11H2,1-2H3,(H3,22,23,24,25,26). The summed E-state index contributed by atoms with van der Waals surface area (Å²) >= 11 is 12.4. The van der Waals surface area contributed by atoms with Crippen LogP contribution >= 0.6 is 23.2 Å². The number of aromatic nitrogens is 3. The molecule has 3 aromatic rings. The molecule has 7 nitrogen and oxygen atoms in total. The molecule has 28 heavy (non-hydrogen) atoms. The molecule has 0 spiro atoms. The predicted molar refractivity (Wildman–Crippen MR) is 112 cm³/mol. The van der Waals surface area contributed by atoms with Crippen LogP contribution < -0.4 is 15.8 Å². The number of rotatable bonds is 7. The molecule has 0 amide bonds. The molecule has 1 aromatic heterocycles. The maximum absolute atomic E-state index is 6.27. The summed E-state index contributed by atoms with van der Waals surface area (Å²) in [5.41, 5.74) is 7.52. The number of methoxy groups -OCH3 is 1. The van der Waals surface area contributed by atoms with Crippen LogP contribution in [0.2, 0.25) is 10.0 Å². The highest BCUT2D eigenvalue weighted by molar-refractivity contribution is 6.42. The van der Waals surface area contributed by atoms with E-state index in [-0.39, 0.29) is 5.95 Å². The molecule has 0 saturated heterocycles. The number of nitrogens with one attached hydrogen (secondary N) is 1. The molecule has 0 radical (unpaired) electrons. The minimum atomic E-state index is 0.136. The third-order valence-corrected chi connectivity index (χ3v) is 4.79. The monoisotopic (exact) mass is 418 g/mol. The van der Waals surface area contributed by atoms with Crippen molar-refractivity contribution < 1.29 is 4.74 Å². The van der Waals surface area contributed by atoms with Gasteiger partial charge < -0.3 is 15.8 Å². The number of nitrogens with two attached hydrogens (primary N) is 1. The first-order valence-electron chi connectivity index (χ1n) is 8.48. The van der Waals surface area contributed by atoms with Crippen LogP contribution in [0.4, 0.5) is 17.6 Å². The average molecular weight is 419 g/mol. The highest BCUT2D eigenvalue weighted by atomic mass is 35.5. The van der Waals surface area contributed by atoms with Crippen LogP contribution in [0.15, 0.2) is 42.5 Å². The molecule has 0 bridgehead atoms. The van der Waals surface area contributed by atoms with Crippen LogP contribution in [-0.2, 0) is 13.1 Å². The Morgan fingerprint density at radius 2 is 1.82 bits per heavy atom. The molecule has 0 fully saturated rings. The van der Waals surface area contributed by atoms with Crippen LogP contribution in [0.3, 0.4) is 0 Å². The number of benzene rings is 2. The van der Waals surface area contributed by atoms with Gasteiger partial charge in [-0.25, -0.2) is 0 Å². The predicted octanol–water partition coefficient (Wildman–Crippen LogP) is 4.14. The minimum absolute atomic E-state index is 0.136. The van der Waals surface area contributed by atoms with Gasteiger partial charge in [0.1, 0.15) is 11.6 Å². The largest absolute Gasteiger partial charge is 0.495 e. The summed E-state index contributed by atoms with van der Waals surface area (Å²) in [5, 5.41) is 4.19. The van der Waals surface area contributed by atoms with Gasteiger partial charge in [0.15, 0.2) is 0 Å². The van der Waals surface area contributed by atoms with E-state index in [1.54, 1.807) is 13.2 Å². The zero-order valence-corrected chi connectivity index (χ0v) is 17.0. The Morgan fingerprint density at radius 3 is 2.61 bits per heavy atom. The van der Waals surface area contributed by atoms with Crippen LogP contribution in [0.1, 0.15) is 11.4 Å². The fourth-order valence-electron chi connectivity index (χ4n) is 2.69. The van der Waals surface area contributed by atoms with Crippen LogP contribution in [0.25, 0.3) is 0 Å². The molecule has 2 aromatic carbocycles. The number of ether oxygens (including phenoxy) is 1. The van der Waals surface area contributed by atoms with E-state index in [0.717, 1.165) is 11.3 Å². The first kappa shape index (κ1) is 20.1. The van der Waals surface area contributed by atoms with Crippen molar-refractivity contribution in [1.82, 2.24) is 19.9 Å². The normalized spacial score (nSPS) is 10.9. The van der Waals surface area contributed by atoms with Crippen molar-refractivity contribution >= 4 is 40.8 Å². The Hall–Kier alpha value is -2.61. The summed E-state index contributed by atoms with van der Waals surface area (Å²) in [5.74, 6) is 1.69. The summed E-state index contributed by atoms with van der Waals surface area (Å²) in [6.45, 7) is 1.04. The van der Waals surface area contributed by atoms with Gasteiger partial charge in [-0.2, -0.15) is 15.0 Å². The van der Waals surface area contributed by atoms with E-state index in [1.165, 1.54) is 0 Å².